The highest BCUT2D eigenvalue weighted by Crippen LogP contribution is 2.28. The number of nitrogens with one attached hydrogen (secondary N) is 1. The molecule has 1 aromatic heterocycles. The molecule has 0 saturated carbocycles. The van der Waals surface area contributed by atoms with Gasteiger partial charge in [0.05, 0.1) is 11.9 Å². The number of hydrogen-bond donors (Lipinski definition) is 2. The minimum atomic E-state index is -0.667. The zero-order chi connectivity index (χ0) is 24.5. The summed E-state index contributed by atoms with van der Waals surface area (Å²) in [5.74, 6) is 5.11. The fraction of sp³-hybridized carbons (Fsp3) is 0.333. The summed E-state index contributed by atoms with van der Waals surface area (Å²) >= 11 is 0. The van der Waals surface area contributed by atoms with Crippen molar-refractivity contribution in [1.82, 2.24) is 15.2 Å². The number of methoxy groups -OCH3 is 1. The number of hydrazone groups is 1. The number of pyridine rings is 1. The van der Waals surface area contributed by atoms with E-state index in [2.05, 4.69) is 20.4 Å². The number of carbonyl (C=O) groups is 3. The number of amides is 3. The van der Waals surface area contributed by atoms with Gasteiger partial charge in [-0.2, -0.15) is 5.10 Å². The van der Waals surface area contributed by atoms with Gasteiger partial charge >= 0.3 is 0 Å². The highest BCUT2D eigenvalue weighted by molar-refractivity contribution is 6.38. The van der Waals surface area contributed by atoms with Crippen LogP contribution in [0.25, 0.3) is 0 Å². The Kier molecular flexibility index (Phi) is 6.25. The molecule has 0 bridgehead atoms. The average Bonchev–Trinajstić information content (AvgIpc) is 3.15. The number of nitrogens with two attached hydrogens (primary N) is 1. The Labute approximate surface area is 196 Å². The Hall–Kier alpha value is -3.92. The van der Waals surface area contributed by atoms with E-state index in [-0.39, 0.29) is 24.8 Å². The van der Waals surface area contributed by atoms with Gasteiger partial charge in [-0.3, -0.25) is 19.7 Å². The molecule has 4 rings (SSSR count). The number of benzene rings is 1. The SMILES string of the molecule is COC(C)(C)c1cccc(/N=C/C(=N\N)c2ccc3c(c2)CN(C2CCC(=O)NC2=O)C3=O)n1. The maximum Gasteiger partial charge on any atom is 0.255 e. The molecule has 2 aliphatic rings. The number of carbonyl (C=O) groups excluding carboxylic acids is 3. The molecule has 1 atom stereocenters. The average molecular weight is 463 g/mol. The molecule has 1 aromatic carbocycles. The highest BCUT2D eigenvalue weighted by Gasteiger charge is 2.39. The highest BCUT2D eigenvalue weighted by atomic mass is 16.5. The van der Waals surface area contributed by atoms with Gasteiger partial charge in [0.2, 0.25) is 11.8 Å². The maximum atomic E-state index is 12.9. The summed E-state index contributed by atoms with van der Waals surface area (Å²) in [5, 5.41) is 6.15. The molecule has 3 amide bonds. The first-order valence-electron chi connectivity index (χ1n) is 10.9. The maximum absolute atomic E-state index is 12.9. The molecular formula is C24H26N6O4. The lowest BCUT2D eigenvalue weighted by molar-refractivity contribution is -0.136. The van der Waals surface area contributed by atoms with Gasteiger partial charge in [0.25, 0.3) is 5.91 Å². The summed E-state index contributed by atoms with van der Waals surface area (Å²) < 4.78 is 5.48. The van der Waals surface area contributed by atoms with E-state index < -0.39 is 17.6 Å². The lowest BCUT2D eigenvalue weighted by Crippen LogP contribution is -2.52. The summed E-state index contributed by atoms with van der Waals surface area (Å²) in [7, 11) is 1.62. The van der Waals surface area contributed by atoms with E-state index in [0.717, 1.165) is 11.3 Å². The fourth-order valence-electron chi connectivity index (χ4n) is 3.98. The number of piperidine rings is 1. The third kappa shape index (κ3) is 4.44. The van der Waals surface area contributed by atoms with Gasteiger partial charge in [-0.15, -0.1) is 0 Å². The third-order valence-electron chi connectivity index (χ3n) is 6.14. The molecule has 1 fully saturated rings. The first-order valence-corrected chi connectivity index (χ1v) is 10.9. The zero-order valence-electron chi connectivity index (χ0n) is 19.2. The Balaban J connectivity index is 1.54. The van der Waals surface area contributed by atoms with Crippen LogP contribution in [0.2, 0.25) is 0 Å². The predicted octanol–water partition coefficient (Wildman–Crippen LogP) is 1.79. The number of imide groups is 1. The molecular weight excluding hydrogens is 436 g/mol. The van der Waals surface area contributed by atoms with E-state index in [4.69, 9.17) is 10.6 Å². The Bertz CT molecular complexity index is 1220. The second kappa shape index (κ2) is 9.14. The molecule has 10 heteroatoms. The van der Waals surface area contributed by atoms with Gasteiger partial charge in [0.15, 0.2) is 5.82 Å². The minimum absolute atomic E-state index is 0.207. The Morgan fingerprint density at radius 1 is 1.26 bits per heavy atom. The van der Waals surface area contributed by atoms with Crippen LogP contribution in [0.3, 0.4) is 0 Å². The number of ether oxygens (including phenoxy) is 1. The molecule has 0 radical (unpaired) electrons. The van der Waals surface area contributed by atoms with Gasteiger partial charge in [-0.25, -0.2) is 9.98 Å². The summed E-state index contributed by atoms with van der Waals surface area (Å²) in [6.45, 7) is 4.10. The van der Waals surface area contributed by atoms with E-state index >= 15 is 0 Å². The molecule has 1 unspecified atom stereocenters. The smallest absolute Gasteiger partial charge is 0.255 e. The molecule has 2 aromatic rings. The van der Waals surface area contributed by atoms with Crippen molar-refractivity contribution in [2.75, 3.05) is 7.11 Å². The zero-order valence-corrected chi connectivity index (χ0v) is 19.2. The van der Waals surface area contributed by atoms with Crippen molar-refractivity contribution in [3.8, 4) is 0 Å². The third-order valence-corrected chi connectivity index (χ3v) is 6.14. The lowest BCUT2D eigenvalue weighted by atomic mass is 10.0. The number of rotatable bonds is 6. The molecule has 176 valence electrons. The van der Waals surface area contributed by atoms with Crippen LogP contribution in [0.1, 0.15) is 53.9 Å². The van der Waals surface area contributed by atoms with E-state index in [1.165, 1.54) is 11.1 Å². The van der Waals surface area contributed by atoms with E-state index in [1.807, 2.05) is 32.0 Å². The topological polar surface area (TPSA) is 139 Å². The van der Waals surface area contributed by atoms with Crippen LogP contribution in [0.4, 0.5) is 5.82 Å². The molecule has 2 aliphatic heterocycles. The van der Waals surface area contributed by atoms with Crippen LogP contribution >= 0.6 is 0 Å². The quantitative estimate of drug-likeness (QED) is 0.290. The van der Waals surface area contributed by atoms with Crippen molar-refractivity contribution in [2.45, 2.75) is 44.9 Å². The fourth-order valence-corrected chi connectivity index (χ4v) is 3.98. The van der Waals surface area contributed by atoms with Gasteiger partial charge in [-0.1, -0.05) is 12.1 Å². The largest absolute Gasteiger partial charge is 0.373 e. The van der Waals surface area contributed by atoms with Gasteiger partial charge in [0, 0.05) is 31.2 Å². The van der Waals surface area contributed by atoms with Gasteiger partial charge < -0.3 is 15.5 Å². The van der Waals surface area contributed by atoms with Crippen LogP contribution < -0.4 is 11.2 Å². The first-order chi connectivity index (χ1) is 16.2. The van der Waals surface area contributed by atoms with Crippen molar-refractivity contribution in [2.24, 2.45) is 15.9 Å². The molecule has 0 spiro atoms. The van der Waals surface area contributed by atoms with Crippen molar-refractivity contribution in [3.05, 3.63) is 58.8 Å². The minimum Gasteiger partial charge on any atom is -0.373 e. The number of aromatic nitrogens is 1. The molecule has 3 N–H and O–H groups in total. The van der Waals surface area contributed by atoms with Crippen LogP contribution in [-0.4, -0.2) is 52.7 Å². The van der Waals surface area contributed by atoms with E-state index in [0.29, 0.717) is 29.1 Å². The van der Waals surface area contributed by atoms with Crippen molar-refractivity contribution < 1.29 is 19.1 Å². The summed E-state index contributed by atoms with van der Waals surface area (Å²) in [6, 6.07) is 10.1. The molecule has 3 heterocycles. The second-order valence-corrected chi connectivity index (χ2v) is 8.64. The molecule has 34 heavy (non-hydrogen) atoms. The van der Waals surface area contributed by atoms with Crippen molar-refractivity contribution in [3.63, 3.8) is 0 Å². The number of hydrogen-bond acceptors (Lipinski definition) is 8. The van der Waals surface area contributed by atoms with E-state index in [9.17, 15) is 14.4 Å². The molecule has 0 aliphatic carbocycles. The van der Waals surface area contributed by atoms with Crippen LogP contribution in [0.5, 0.6) is 0 Å². The van der Waals surface area contributed by atoms with Gasteiger partial charge in [-0.05, 0) is 50.1 Å². The number of fused-ring (bicyclic) bond motifs is 1. The molecule has 1 saturated heterocycles. The van der Waals surface area contributed by atoms with E-state index in [1.54, 1.807) is 25.3 Å². The van der Waals surface area contributed by atoms with Crippen LogP contribution in [0, 0.1) is 0 Å². The summed E-state index contributed by atoms with van der Waals surface area (Å²) in [5.41, 5.74) is 2.53. The van der Waals surface area contributed by atoms with Crippen molar-refractivity contribution >= 4 is 35.5 Å². The number of nitrogens with zero attached hydrogens (tertiary/aromatic N) is 4. The van der Waals surface area contributed by atoms with Crippen molar-refractivity contribution in [1.29, 1.82) is 0 Å². The monoisotopic (exact) mass is 462 g/mol. The van der Waals surface area contributed by atoms with Gasteiger partial charge in [0.1, 0.15) is 17.4 Å². The number of aliphatic imine (C=N–C) groups is 1. The molecule has 10 nitrogen and oxygen atoms in total. The van der Waals surface area contributed by atoms with Crippen LogP contribution in [0.15, 0.2) is 46.5 Å². The normalized spacial score (nSPS) is 19.0. The second-order valence-electron chi connectivity index (χ2n) is 8.64. The predicted molar refractivity (Wildman–Crippen MR) is 126 cm³/mol. The summed E-state index contributed by atoms with van der Waals surface area (Å²) in [6.07, 6.45) is 2.03. The van der Waals surface area contributed by atoms with Crippen LogP contribution in [-0.2, 0) is 26.5 Å². The Morgan fingerprint density at radius 3 is 2.76 bits per heavy atom. The lowest BCUT2D eigenvalue weighted by Gasteiger charge is -2.29. The first kappa shape index (κ1) is 23.2. The standard InChI is InChI=1S/C24H26N6O4/c1-24(2,34-3)19-5-4-6-20(27-19)26-12-17(29-25)14-7-8-16-15(11-14)13-30(23(16)33)18-9-10-21(31)28-22(18)32/h4-8,11-12,18H,9-10,13,25H2,1-3H3,(H,28,31,32)/b26-12+,29-17+. The Morgan fingerprint density at radius 2 is 2.06 bits per heavy atom. The summed E-state index contributed by atoms with van der Waals surface area (Å²) in [4.78, 5) is 47.0.